The lowest BCUT2D eigenvalue weighted by atomic mass is 10.0. The van der Waals surface area contributed by atoms with Gasteiger partial charge in [0.05, 0.1) is 0 Å². The lowest BCUT2D eigenvalue weighted by Crippen LogP contribution is -2.29. The third-order valence-corrected chi connectivity index (χ3v) is 3.96. The number of hydrogen-bond donors (Lipinski definition) is 0. The van der Waals surface area contributed by atoms with Crippen LogP contribution < -0.4 is 4.90 Å². The molecule has 4 heteroatoms. The van der Waals surface area contributed by atoms with Crippen molar-refractivity contribution in [2.75, 3.05) is 4.90 Å². The summed E-state index contributed by atoms with van der Waals surface area (Å²) < 4.78 is 1.87. The summed E-state index contributed by atoms with van der Waals surface area (Å²) in [6.07, 6.45) is 9.08. The van der Waals surface area contributed by atoms with Crippen LogP contribution in [0, 0.1) is 0 Å². The fourth-order valence-corrected chi connectivity index (χ4v) is 3.23. The Morgan fingerprint density at radius 2 is 1.81 bits per heavy atom. The molecule has 2 aliphatic rings. The Labute approximate surface area is 93.9 Å². The van der Waals surface area contributed by atoms with E-state index >= 15 is 0 Å². The van der Waals surface area contributed by atoms with Gasteiger partial charge in [0.2, 0.25) is 0 Å². The fraction of sp³-hybridized carbons (Fsp3) is 0.500. The summed E-state index contributed by atoms with van der Waals surface area (Å²) in [5.74, 6) is 1.12. The van der Waals surface area contributed by atoms with Gasteiger partial charge in [-0.15, -0.1) is 5.10 Å². The van der Waals surface area contributed by atoms with E-state index in [1.165, 1.54) is 25.7 Å². The number of nitrogens with zero attached hydrogens (tertiary/aromatic N) is 4. The minimum absolute atomic E-state index is 0.735. The van der Waals surface area contributed by atoms with E-state index in [0.717, 1.165) is 23.5 Å². The monoisotopic (exact) mass is 214 g/mol. The number of aromatic nitrogens is 3. The van der Waals surface area contributed by atoms with Crippen LogP contribution in [-0.4, -0.2) is 26.7 Å². The highest BCUT2D eigenvalue weighted by atomic mass is 15.4. The molecule has 4 rings (SSSR count). The molecule has 2 fully saturated rings. The van der Waals surface area contributed by atoms with Crippen molar-refractivity contribution in [2.24, 2.45) is 0 Å². The summed E-state index contributed by atoms with van der Waals surface area (Å²) in [4.78, 5) is 6.74. The topological polar surface area (TPSA) is 33.4 Å². The molecular formula is C12H14N4. The van der Waals surface area contributed by atoms with Gasteiger partial charge >= 0.3 is 0 Å². The van der Waals surface area contributed by atoms with E-state index in [4.69, 9.17) is 0 Å². The molecule has 0 unspecified atom stereocenters. The summed E-state index contributed by atoms with van der Waals surface area (Å²) in [6.45, 7) is 0. The highest BCUT2D eigenvalue weighted by Crippen LogP contribution is 2.39. The van der Waals surface area contributed by atoms with E-state index < -0.39 is 0 Å². The summed E-state index contributed by atoms with van der Waals surface area (Å²) in [6, 6.07) is 5.64. The minimum atomic E-state index is 0.735. The van der Waals surface area contributed by atoms with Crippen molar-refractivity contribution in [2.45, 2.75) is 37.8 Å². The van der Waals surface area contributed by atoms with Crippen LogP contribution in [-0.2, 0) is 0 Å². The van der Waals surface area contributed by atoms with Crippen LogP contribution in [0.25, 0.3) is 5.65 Å². The zero-order valence-electron chi connectivity index (χ0n) is 9.08. The van der Waals surface area contributed by atoms with Crippen LogP contribution >= 0.6 is 0 Å². The van der Waals surface area contributed by atoms with Gasteiger partial charge in [0.1, 0.15) is 5.82 Å². The maximum Gasteiger partial charge on any atom is 0.153 e. The van der Waals surface area contributed by atoms with Crippen molar-refractivity contribution in [3.05, 3.63) is 24.5 Å². The quantitative estimate of drug-likeness (QED) is 0.726. The second-order valence-corrected chi connectivity index (χ2v) is 4.79. The van der Waals surface area contributed by atoms with Gasteiger partial charge in [-0.3, -0.25) is 0 Å². The first-order valence-electron chi connectivity index (χ1n) is 6.00. The molecule has 0 aliphatic carbocycles. The molecule has 2 aliphatic heterocycles. The summed E-state index contributed by atoms with van der Waals surface area (Å²) in [5, 5.41) is 4.64. The molecule has 0 amide bonds. The van der Waals surface area contributed by atoms with E-state index in [-0.39, 0.29) is 0 Å². The van der Waals surface area contributed by atoms with Crippen LogP contribution in [0.4, 0.5) is 5.82 Å². The van der Waals surface area contributed by atoms with Crippen molar-refractivity contribution in [3.63, 3.8) is 0 Å². The highest BCUT2D eigenvalue weighted by molar-refractivity contribution is 5.49. The Morgan fingerprint density at radius 3 is 2.56 bits per heavy atom. The van der Waals surface area contributed by atoms with Gasteiger partial charge in [-0.25, -0.2) is 9.50 Å². The van der Waals surface area contributed by atoms with Crippen LogP contribution in [0.3, 0.4) is 0 Å². The normalized spacial score (nSPS) is 28.1. The minimum Gasteiger partial charge on any atom is -0.349 e. The highest BCUT2D eigenvalue weighted by Gasteiger charge is 2.40. The smallest absolute Gasteiger partial charge is 0.153 e. The zero-order valence-corrected chi connectivity index (χ0v) is 9.08. The first-order valence-corrected chi connectivity index (χ1v) is 6.00. The molecule has 16 heavy (non-hydrogen) atoms. The second kappa shape index (κ2) is 2.97. The van der Waals surface area contributed by atoms with E-state index in [1.54, 1.807) is 6.20 Å². The first-order chi connectivity index (χ1) is 7.92. The SMILES string of the molecule is c1cn2nc(N3C4CCC3CC4)ccc2n1. The zero-order chi connectivity index (χ0) is 10.5. The number of hydrogen-bond acceptors (Lipinski definition) is 3. The molecule has 2 bridgehead atoms. The summed E-state index contributed by atoms with van der Waals surface area (Å²) in [7, 11) is 0. The molecular weight excluding hydrogens is 200 g/mol. The van der Waals surface area contributed by atoms with Gasteiger partial charge in [-0.05, 0) is 37.8 Å². The van der Waals surface area contributed by atoms with Gasteiger partial charge in [0, 0.05) is 24.5 Å². The van der Waals surface area contributed by atoms with Crippen LogP contribution in [0.5, 0.6) is 0 Å². The Kier molecular flexibility index (Phi) is 1.59. The summed E-state index contributed by atoms with van der Waals surface area (Å²) >= 11 is 0. The Balaban J connectivity index is 1.81. The van der Waals surface area contributed by atoms with Crippen molar-refractivity contribution >= 4 is 11.5 Å². The van der Waals surface area contributed by atoms with Gasteiger partial charge in [0.15, 0.2) is 5.65 Å². The van der Waals surface area contributed by atoms with Crippen molar-refractivity contribution in [1.82, 2.24) is 14.6 Å². The number of anilines is 1. The third-order valence-electron chi connectivity index (χ3n) is 3.96. The molecule has 0 spiro atoms. The average Bonchev–Trinajstić information content (AvgIpc) is 3.02. The Bertz CT molecular complexity index is 513. The van der Waals surface area contributed by atoms with E-state index in [0.29, 0.717) is 0 Å². The van der Waals surface area contributed by atoms with Crippen molar-refractivity contribution < 1.29 is 0 Å². The second-order valence-electron chi connectivity index (χ2n) is 4.79. The van der Waals surface area contributed by atoms with E-state index in [9.17, 15) is 0 Å². The largest absolute Gasteiger partial charge is 0.349 e. The summed E-state index contributed by atoms with van der Waals surface area (Å²) in [5.41, 5.74) is 0.926. The lowest BCUT2D eigenvalue weighted by Gasteiger charge is -2.22. The number of rotatable bonds is 1. The average molecular weight is 214 g/mol. The van der Waals surface area contributed by atoms with E-state index in [2.05, 4.69) is 27.1 Å². The maximum atomic E-state index is 4.64. The van der Waals surface area contributed by atoms with Crippen LogP contribution in [0.1, 0.15) is 25.7 Å². The third kappa shape index (κ3) is 1.04. The predicted octanol–water partition coefficient (Wildman–Crippen LogP) is 1.86. The van der Waals surface area contributed by atoms with Gasteiger partial charge in [0.25, 0.3) is 0 Å². The molecule has 0 N–H and O–H groups in total. The maximum absolute atomic E-state index is 4.64. The molecule has 0 radical (unpaired) electrons. The molecule has 4 heterocycles. The standard InChI is InChI=1S/C12H14N4/c1-2-10-4-3-9(1)16(10)12-6-5-11-13-7-8-15(11)14-12/h5-10H,1-4H2. The van der Waals surface area contributed by atoms with Crippen molar-refractivity contribution in [3.8, 4) is 0 Å². The van der Waals surface area contributed by atoms with Gasteiger partial charge < -0.3 is 4.90 Å². The molecule has 82 valence electrons. The Morgan fingerprint density at radius 1 is 1.06 bits per heavy atom. The fourth-order valence-electron chi connectivity index (χ4n) is 3.23. The number of fused-ring (bicyclic) bond motifs is 3. The van der Waals surface area contributed by atoms with Crippen LogP contribution in [0.2, 0.25) is 0 Å². The first kappa shape index (κ1) is 8.56. The molecule has 0 aromatic carbocycles. The molecule has 0 atom stereocenters. The van der Waals surface area contributed by atoms with Crippen LogP contribution in [0.15, 0.2) is 24.5 Å². The molecule has 0 saturated carbocycles. The lowest BCUT2D eigenvalue weighted by molar-refractivity contribution is 0.576. The van der Waals surface area contributed by atoms with Gasteiger partial charge in [-0.1, -0.05) is 0 Å². The molecule has 2 aromatic rings. The van der Waals surface area contributed by atoms with Gasteiger partial charge in [-0.2, -0.15) is 0 Å². The van der Waals surface area contributed by atoms with E-state index in [1.807, 2.05) is 10.7 Å². The molecule has 2 saturated heterocycles. The van der Waals surface area contributed by atoms with Crippen molar-refractivity contribution in [1.29, 1.82) is 0 Å². The molecule has 4 nitrogen and oxygen atoms in total. The predicted molar refractivity (Wildman–Crippen MR) is 61.5 cm³/mol. The Hall–Kier alpha value is -1.58. The molecule has 2 aromatic heterocycles. The number of imidazole rings is 1.